The first-order chi connectivity index (χ1) is 11.4. The van der Waals surface area contributed by atoms with E-state index in [2.05, 4.69) is 0 Å². The van der Waals surface area contributed by atoms with Gasteiger partial charge in [0.2, 0.25) is 0 Å². The van der Waals surface area contributed by atoms with Gasteiger partial charge in [-0.1, -0.05) is 13.8 Å². The summed E-state index contributed by atoms with van der Waals surface area (Å²) < 4.78 is 56.8. The third kappa shape index (κ3) is 4.15. The predicted molar refractivity (Wildman–Crippen MR) is 79.5 cm³/mol. The maximum Gasteiger partial charge on any atom is 0.416 e. The summed E-state index contributed by atoms with van der Waals surface area (Å²) in [4.78, 5) is 22.1. The number of carbonyl (C=O) groups excluding carboxylic acids is 1. The van der Waals surface area contributed by atoms with Crippen LogP contribution in [0.4, 0.5) is 23.2 Å². The number of benzene rings is 1. The lowest BCUT2D eigenvalue weighted by Gasteiger charge is -2.32. The van der Waals surface area contributed by atoms with E-state index in [0.717, 1.165) is 0 Å². The van der Waals surface area contributed by atoms with Gasteiger partial charge in [-0.3, -0.25) is 10.1 Å². The van der Waals surface area contributed by atoms with Crippen molar-refractivity contribution in [1.82, 2.24) is 0 Å². The summed E-state index contributed by atoms with van der Waals surface area (Å²) in [5.74, 6) is -1.02. The first kappa shape index (κ1) is 18.9. The van der Waals surface area contributed by atoms with Crippen molar-refractivity contribution in [3.05, 3.63) is 51.3 Å². The van der Waals surface area contributed by atoms with E-state index in [-0.39, 0.29) is 24.7 Å². The van der Waals surface area contributed by atoms with E-state index in [0.29, 0.717) is 12.1 Å². The summed E-state index contributed by atoms with van der Waals surface area (Å²) in [6.07, 6.45) is -4.43. The second kappa shape index (κ2) is 6.45. The van der Waals surface area contributed by atoms with Crippen molar-refractivity contribution in [2.24, 2.45) is 5.41 Å². The Bertz CT molecular complexity index is 740. The van der Waals surface area contributed by atoms with Crippen molar-refractivity contribution in [2.45, 2.75) is 39.0 Å². The van der Waals surface area contributed by atoms with Crippen LogP contribution in [0.25, 0.3) is 0 Å². The molecular weight excluding hydrogens is 346 g/mol. The fraction of sp³-hybridized carbons (Fsp3) is 0.438. The number of esters is 1. The Labute approximate surface area is 140 Å². The Morgan fingerprint density at radius 2 is 2.00 bits per heavy atom. The van der Waals surface area contributed by atoms with Gasteiger partial charge >= 0.3 is 12.1 Å². The molecule has 0 amide bonds. The van der Waals surface area contributed by atoms with Crippen molar-refractivity contribution >= 4 is 11.7 Å². The molecule has 0 radical (unpaired) electrons. The predicted octanol–water partition coefficient (Wildman–Crippen LogP) is 4.81. The number of nitro groups is 1. The number of hydrogen-bond donors (Lipinski definition) is 0. The van der Waals surface area contributed by atoms with Crippen molar-refractivity contribution in [3.63, 3.8) is 0 Å². The van der Waals surface area contributed by atoms with Crippen LogP contribution in [0.2, 0.25) is 0 Å². The molecule has 1 aliphatic carbocycles. The molecule has 25 heavy (non-hydrogen) atoms. The Morgan fingerprint density at radius 1 is 1.36 bits per heavy atom. The van der Waals surface area contributed by atoms with Crippen LogP contribution in [0.1, 0.15) is 42.6 Å². The fourth-order valence-electron chi connectivity index (χ4n) is 2.47. The zero-order valence-corrected chi connectivity index (χ0v) is 13.4. The zero-order valence-electron chi connectivity index (χ0n) is 13.4. The van der Waals surface area contributed by atoms with Gasteiger partial charge in [0.1, 0.15) is 17.5 Å². The van der Waals surface area contributed by atoms with Gasteiger partial charge in [-0.05, 0) is 18.2 Å². The molecule has 1 atom stereocenters. The second-order valence-corrected chi connectivity index (χ2v) is 6.42. The minimum atomic E-state index is -4.78. The topological polar surface area (TPSA) is 69.4 Å². The van der Waals surface area contributed by atoms with Crippen LogP contribution in [-0.2, 0) is 10.9 Å². The van der Waals surface area contributed by atoms with Crippen LogP contribution in [-0.4, -0.2) is 17.1 Å². The smallest absolute Gasteiger partial charge is 0.416 e. The molecule has 0 saturated carbocycles. The monoisotopic (exact) mass is 361 g/mol. The highest BCUT2D eigenvalue weighted by Crippen LogP contribution is 2.39. The van der Waals surface area contributed by atoms with Crippen LogP contribution in [0.3, 0.4) is 0 Å². The number of allylic oxidation sites excluding steroid dienone is 2. The van der Waals surface area contributed by atoms with Crippen LogP contribution < -0.4 is 0 Å². The SMILES string of the molecule is CC1(C)CC(OC(=O)c2ccc(C(F)(F)F)cc2[N+](=O)[O-])=CCC1F. The Balaban J connectivity index is 2.29. The fourth-order valence-corrected chi connectivity index (χ4v) is 2.47. The third-order valence-electron chi connectivity index (χ3n) is 4.00. The molecule has 0 spiro atoms. The molecule has 1 aromatic rings. The summed E-state index contributed by atoms with van der Waals surface area (Å²) in [5, 5.41) is 11.0. The van der Waals surface area contributed by atoms with Crippen LogP contribution in [0.5, 0.6) is 0 Å². The van der Waals surface area contributed by atoms with E-state index < -0.39 is 45.5 Å². The van der Waals surface area contributed by atoms with Gasteiger partial charge in [0, 0.05) is 24.3 Å². The lowest BCUT2D eigenvalue weighted by Crippen LogP contribution is -2.30. The lowest BCUT2D eigenvalue weighted by molar-refractivity contribution is -0.385. The number of nitrogens with zero attached hydrogens (tertiary/aromatic N) is 1. The maximum absolute atomic E-state index is 13.7. The van der Waals surface area contributed by atoms with Gasteiger partial charge in [-0.25, -0.2) is 9.18 Å². The highest BCUT2D eigenvalue weighted by Gasteiger charge is 2.37. The molecule has 9 heteroatoms. The van der Waals surface area contributed by atoms with E-state index in [9.17, 15) is 32.5 Å². The quantitative estimate of drug-likeness (QED) is 0.335. The third-order valence-corrected chi connectivity index (χ3v) is 4.00. The molecular formula is C16H15F4NO4. The minimum Gasteiger partial charge on any atom is -0.428 e. The number of nitro benzene ring substituents is 1. The molecule has 0 aromatic heterocycles. The number of carbonyl (C=O) groups is 1. The van der Waals surface area contributed by atoms with Crippen LogP contribution >= 0.6 is 0 Å². The Hall–Kier alpha value is -2.45. The van der Waals surface area contributed by atoms with Gasteiger partial charge in [-0.15, -0.1) is 0 Å². The summed E-state index contributed by atoms with van der Waals surface area (Å²) >= 11 is 0. The van der Waals surface area contributed by atoms with Crippen LogP contribution in [0, 0.1) is 15.5 Å². The molecule has 1 aromatic carbocycles. The van der Waals surface area contributed by atoms with Gasteiger partial charge in [-0.2, -0.15) is 13.2 Å². The van der Waals surface area contributed by atoms with Crippen LogP contribution in [0.15, 0.2) is 30.0 Å². The highest BCUT2D eigenvalue weighted by molar-refractivity contribution is 5.94. The van der Waals surface area contributed by atoms with E-state index in [1.54, 1.807) is 13.8 Å². The van der Waals surface area contributed by atoms with Gasteiger partial charge in [0.05, 0.1) is 10.5 Å². The summed E-state index contributed by atoms with van der Waals surface area (Å²) in [6.45, 7) is 3.28. The molecule has 0 fully saturated rings. The van der Waals surface area contributed by atoms with Crippen molar-refractivity contribution in [1.29, 1.82) is 0 Å². The number of ether oxygens (including phenoxy) is 1. The summed E-state index contributed by atoms with van der Waals surface area (Å²) in [7, 11) is 0. The van der Waals surface area contributed by atoms with E-state index in [4.69, 9.17) is 4.74 Å². The molecule has 2 rings (SSSR count). The van der Waals surface area contributed by atoms with Crippen molar-refractivity contribution in [3.8, 4) is 0 Å². The first-order valence-electron chi connectivity index (χ1n) is 7.33. The Morgan fingerprint density at radius 3 is 2.52 bits per heavy atom. The number of hydrogen-bond acceptors (Lipinski definition) is 4. The molecule has 0 N–H and O–H groups in total. The molecule has 0 aliphatic heterocycles. The summed E-state index contributed by atoms with van der Waals surface area (Å²) in [5.41, 5.74) is -3.62. The minimum absolute atomic E-state index is 0.0186. The van der Waals surface area contributed by atoms with Crippen molar-refractivity contribution in [2.75, 3.05) is 0 Å². The molecule has 0 heterocycles. The largest absolute Gasteiger partial charge is 0.428 e. The molecule has 136 valence electrons. The average molecular weight is 361 g/mol. The van der Waals surface area contributed by atoms with E-state index in [1.165, 1.54) is 6.08 Å². The van der Waals surface area contributed by atoms with Gasteiger partial charge < -0.3 is 4.74 Å². The molecule has 0 saturated heterocycles. The van der Waals surface area contributed by atoms with Crippen molar-refractivity contribution < 1.29 is 32.0 Å². The summed E-state index contributed by atoms with van der Waals surface area (Å²) in [6, 6.07) is 1.56. The number of alkyl halides is 4. The molecule has 1 aliphatic rings. The Kier molecular flexibility index (Phi) is 4.87. The maximum atomic E-state index is 13.7. The van der Waals surface area contributed by atoms with Gasteiger partial charge in [0.25, 0.3) is 5.69 Å². The molecule has 1 unspecified atom stereocenters. The first-order valence-corrected chi connectivity index (χ1v) is 7.33. The lowest BCUT2D eigenvalue weighted by atomic mass is 9.78. The standard InChI is InChI=1S/C16H15F4NO4/c1-15(2)8-10(4-6-13(15)17)25-14(22)11-5-3-9(16(18,19)20)7-12(11)21(23)24/h3-5,7,13H,6,8H2,1-2H3. The zero-order chi connectivity index (χ0) is 19.0. The average Bonchev–Trinajstić information content (AvgIpc) is 2.49. The highest BCUT2D eigenvalue weighted by atomic mass is 19.4. The van der Waals surface area contributed by atoms with E-state index >= 15 is 0 Å². The van der Waals surface area contributed by atoms with Gasteiger partial charge in [0.15, 0.2) is 0 Å². The number of halogens is 4. The normalized spacial score (nSPS) is 19.9. The molecule has 0 bridgehead atoms. The number of rotatable bonds is 3. The second-order valence-electron chi connectivity index (χ2n) is 6.42. The molecule has 5 nitrogen and oxygen atoms in total. The van der Waals surface area contributed by atoms with E-state index in [1.807, 2.05) is 0 Å².